The summed E-state index contributed by atoms with van der Waals surface area (Å²) >= 11 is 0. The predicted octanol–water partition coefficient (Wildman–Crippen LogP) is -5.65. The normalized spacial score (nSPS) is 9.83. The van der Waals surface area contributed by atoms with Crippen LogP contribution in [0.3, 0.4) is 0 Å². The monoisotopic (exact) mass is 368 g/mol. The molecule has 64 valence electrons. The minimum absolute atomic E-state index is 0. The van der Waals surface area contributed by atoms with Gasteiger partial charge in [-0.25, -0.2) is 0 Å². The van der Waals surface area contributed by atoms with Crippen LogP contribution in [0.2, 0.25) is 0 Å². The Hall–Kier alpha value is 2.43. The number of hydrogen-bond acceptors (Lipinski definition) is 8. The van der Waals surface area contributed by atoms with Gasteiger partial charge in [0.05, 0.1) is 0 Å². The zero-order chi connectivity index (χ0) is 9.00. The number of rotatable bonds is 0. The van der Waals surface area contributed by atoms with E-state index in [9.17, 15) is 0 Å². The molecule has 12 heavy (non-hydrogen) atoms. The van der Waals surface area contributed by atoms with Crippen molar-refractivity contribution < 1.29 is 104 Å². The average Bonchev–Trinajstić information content (AvgIpc) is 1.12. The Morgan fingerprint density at radius 2 is 0.583 bits per heavy atom. The van der Waals surface area contributed by atoms with E-state index in [1.807, 2.05) is 0 Å². The molecule has 12 heteroatoms. The first kappa shape index (κ1) is 23.9. The van der Waals surface area contributed by atoms with Gasteiger partial charge in [0.1, 0.15) is 0 Å². The molecule has 0 rings (SSSR count). The summed E-state index contributed by atoms with van der Waals surface area (Å²) in [7, 11) is -10.8. The van der Waals surface area contributed by atoms with Crippen molar-refractivity contribution in [2.45, 2.75) is 0 Å². The maximum Gasteiger partial charge on any atom is 3.00 e. The van der Waals surface area contributed by atoms with E-state index in [1.165, 1.54) is 0 Å². The van der Waals surface area contributed by atoms with Crippen LogP contribution >= 0.6 is 15.6 Å². The molecule has 0 N–H and O–H groups in total. The van der Waals surface area contributed by atoms with Crippen molar-refractivity contribution in [3.05, 3.63) is 0 Å². The van der Waals surface area contributed by atoms with Gasteiger partial charge in [-0.15, -0.1) is 0 Å². The average molecular weight is 368 g/mol. The molecule has 0 heterocycles. The van der Waals surface area contributed by atoms with Crippen molar-refractivity contribution in [1.82, 2.24) is 0 Å². The molecule has 0 spiro atoms. The maximum atomic E-state index is 8.55. The van der Waals surface area contributed by atoms with Crippen LogP contribution in [0.4, 0.5) is 0 Å². The largest absolute Gasteiger partial charge is 3.00 e. The van der Waals surface area contributed by atoms with Crippen LogP contribution in [-0.4, -0.2) is 0 Å². The van der Waals surface area contributed by atoms with Crippen LogP contribution in [0.1, 0.15) is 0 Å². The SMILES string of the molecule is O=P([O-])([O-])[O-].O=P([O-])([O-])[O-].[Y+3].[Y+3]. The van der Waals surface area contributed by atoms with Gasteiger partial charge in [-0.05, 0) is 0 Å². The molecule has 0 amide bonds. The maximum absolute atomic E-state index is 8.55. The summed E-state index contributed by atoms with van der Waals surface area (Å²) in [5, 5.41) is 0. The quantitative estimate of drug-likeness (QED) is 0.381. The van der Waals surface area contributed by atoms with Gasteiger partial charge < -0.3 is 38.5 Å². The molecule has 0 fully saturated rings. The smallest absolute Gasteiger partial charge is 0.822 e. The summed E-state index contributed by atoms with van der Waals surface area (Å²) in [6.45, 7) is 0. The van der Waals surface area contributed by atoms with Gasteiger partial charge in [0.25, 0.3) is 0 Å². The summed E-state index contributed by atoms with van der Waals surface area (Å²) in [5.41, 5.74) is 0. The summed E-state index contributed by atoms with van der Waals surface area (Å²) in [6, 6.07) is 0. The number of phosphoric acid groups is 2. The first-order valence-electron chi connectivity index (χ1n) is 1.46. The molecule has 0 aliphatic rings. The molecule has 0 saturated heterocycles. The van der Waals surface area contributed by atoms with Crippen molar-refractivity contribution in [1.29, 1.82) is 0 Å². The molecule has 0 atom stereocenters. The van der Waals surface area contributed by atoms with Gasteiger partial charge in [0.15, 0.2) is 0 Å². The van der Waals surface area contributed by atoms with Crippen LogP contribution in [0.5, 0.6) is 0 Å². The molecular formula is O8P2Y2. The van der Waals surface area contributed by atoms with E-state index in [0.717, 1.165) is 0 Å². The Kier molecular flexibility index (Phi) is 19.9. The summed E-state index contributed by atoms with van der Waals surface area (Å²) in [5.74, 6) is 0. The zero-order valence-electron chi connectivity index (χ0n) is 5.32. The second-order valence-electron chi connectivity index (χ2n) is 0.894. The Balaban J connectivity index is -0.0000000457. The standard InChI is InChI=1S/2H3O4P.2Y/c2*1-5(2,3)4;;/h2*(H3,1,2,3,4);;/q;;2*+3/p-6. The third-order valence-corrected chi connectivity index (χ3v) is 0. The third-order valence-electron chi connectivity index (χ3n) is 0. The van der Waals surface area contributed by atoms with Crippen LogP contribution in [0.15, 0.2) is 0 Å². The summed E-state index contributed by atoms with van der Waals surface area (Å²) < 4.78 is 17.1. The van der Waals surface area contributed by atoms with E-state index < -0.39 is 15.6 Å². The van der Waals surface area contributed by atoms with Crippen molar-refractivity contribution in [3.8, 4) is 0 Å². The molecule has 0 aromatic rings. The minimum Gasteiger partial charge on any atom is -0.822 e. The van der Waals surface area contributed by atoms with Crippen LogP contribution in [0, 0.1) is 0 Å². The van der Waals surface area contributed by atoms with E-state index in [-0.39, 0.29) is 65.4 Å². The first-order chi connectivity index (χ1) is 4.00. The van der Waals surface area contributed by atoms with Gasteiger partial charge >= 0.3 is 65.4 Å². The van der Waals surface area contributed by atoms with Crippen molar-refractivity contribution >= 4 is 15.6 Å². The molecule has 0 aromatic carbocycles. The minimum atomic E-state index is -5.39. The fourth-order valence-electron chi connectivity index (χ4n) is 0. The molecular weight excluding hydrogens is 368 g/mol. The van der Waals surface area contributed by atoms with E-state index in [0.29, 0.717) is 0 Å². The summed E-state index contributed by atoms with van der Waals surface area (Å²) in [4.78, 5) is 51.3. The van der Waals surface area contributed by atoms with Crippen molar-refractivity contribution in [3.63, 3.8) is 0 Å². The fourth-order valence-corrected chi connectivity index (χ4v) is 0. The first-order valence-corrected chi connectivity index (χ1v) is 4.38. The summed E-state index contributed by atoms with van der Waals surface area (Å²) in [6.07, 6.45) is 0. The second kappa shape index (κ2) is 9.96. The van der Waals surface area contributed by atoms with E-state index in [1.54, 1.807) is 0 Å². The molecule has 0 radical (unpaired) electrons. The van der Waals surface area contributed by atoms with Gasteiger partial charge in [-0.3, -0.25) is 0 Å². The Labute approximate surface area is 118 Å². The Morgan fingerprint density at radius 1 is 0.583 bits per heavy atom. The molecule has 0 saturated carbocycles. The van der Waals surface area contributed by atoms with Gasteiger partial charge in [-0.1, -0.05) is 0 Å². The molecule has 0 aromatic heterocycles. The Morgan fingerprint density at radius 3 is 0.583 bits per heavy atom. The van der Waals surface area contributed by atoms with Crippen molar-refractivity contribution in [2.24, 2.45) is 0 Å². The second-order valence-corrected chi connectivity index (χ2v) is 2.68. The molecule has 0 aliphatic heterocycles. The molecule has 0 unspecified atom stereocenters. The van der Waals surface area contributed by atoms with E-state index in [4.69, 9.17) is 38.5 Å². The van der Waals surface area contributed by atoms with Crippen LogP contribution in [0.25, 0.3) is 0 Å². The van der Waals surface area contributed by atoms with E-state index >= 15 is 0 Å². The van der Waals surface area contributed by atoms with Crippen LogP contribution in [-0.2, 0) is 74.5 Å². The predicted molar refractivity (Wildman–Crippen MR) is 15.2 cm³/mol. The van der Waals surface area contributed by atoms with Gasteiger partial charge in [-0.2, -0.15) is 15.6 Å². The van der Waals surface area contributed by atoms with Gasteiger partial charge in [0, 0.05) is 0 Å². The zero-order valence-corrected chi connectivity index (χ0v) is 12.8. The van der Waals surface area contributed by atoms with Gasteiger partial charge in [0.2, 0.25) is 0 Å². The molecule has 0 aliphatic carbocycles. The fraction of sp³-hybridized carbons (Fsp3) is 0. The topological polar surface area (TPSA) is 172 Å². The number of hydrogen-bond donors (Lipinski definition) is 0. The van der Waals surface area contributed by atoms with E-state index in [2.05, 4.69) is 0 Å². The van der Waals surface area contributed by atoms with Crippen molar-refractivity contribution in [2.75, 3.05) is 0 Å². The third kappa shape index (κ3) is 275. The van der Waals surface area contributed by atoms with Crippen LogP contribution < -0.4 is 29.4 Å². The molecule has 8 nitrogen and oxygen atoms in total. The molecule has 0 bridgehead atoms. The Bertz CT molecular complexity index is 127.